The SMILES string of the molecule is CCCn1ncnc1CC(CC1CCS(=O)(=O)C1)NCC. The van der Waals surface area contributed by atoms with Crippen LogP contribution < -0.4 is 5.32 Å². The van der Waals surface area contributed by atoms with Crippen LogP contribution in [-0.2, 0) is 22.8 Å². The Labute approximate surface area is 127 Å². The van der Waals surface area contributed by atoms with Gasteiger partial charge in [0.05, 0.1) is 11.5 Å². The Morgan fingerprint density at radius 3 is 2.90 bits per heavy atom. The van der Waals surface area contributed by atoms with Crippen molar-refractivity contribution in [1.29, 1.82) is 0 Å². The average Bonchev–Trinajstić information content (AvgIpc) is 2.97. The average molecular weight is 314 g/mol. The van der Waals surface area contributed by atoms with Crippen LogP contribution in [0.5, 0.6) is 0 Å². The Morgan fingerprint density at radius 2 is 2.29 bits per heavy atom. The van der Waals surface area contributed by atoms with E-state index in [4.69, 9.17) is 0 Å². The Kier molecular flexibility index (Phi) is 5.75. The minimum atomic E-state index is -2.80. The van der Waals surface area contributed by atoms with Crippen molar-refractivity contribution < 1.29 is 8.42 Å². The lowest BCUT2D eigenvalue weighted by molar-refractivity contribution is 0.396. The highest BCUT2D eigenvalue weighted by molar-refractivity contribution is 7.91. The Balaban J connectivity index is 1.97. The fourth-order valence-electron chi connectivity index (χ4n) is 3.05. The van der Waals surface area contributed by atoms with Crippen molar-refractivity contribution in [3.63, 3.8) is 0 Å². The highest BCUT2D eigenvalue weighted by atomic mass is 32.2. The van der Waals surface area contributed by atoms with Crippen molar-refractivity contribution >= 4 is 9.84 Å². The van der Waals surface area contributed by atoms with Crippen molar-refractivity contribution in [2.24, 2.45) is 5.92 Å². The normalized spacial score (nSPS) is 22.5. The summed E-state index contributed by atoms with van der Waals surface area (Å²) in [5.41, 5.74) is 0. The van der Waals surface area contributed by atoms with E-state index in [0.29, 0.717) is 11.5 Å². The lowest BCUT2D eigenvalue weighted by Gasteiger charge is -2.20. The van der Waals surface area contributed by atoms with Gasteiger partial charge < -0.3 is 5.32 Å². The molecule has 0 radical (unpaired) electrons. The second kappa shape index (κ2) is 7.35. The molecule has 2 heterocycles. The second-order valence-electron chi connectivity index (χ2n) is 5.86. The smallest absolute Gasteiger partial charge is 0.150 e. The maximum absolute atomic E-state index is 11.6. The zero-order chi connectivity index (χ0) is 15.3. The van der Waals surface area contributed by atoms with Crippen LogP contribution in [-0.4, -0.2) is 47.3 Å². The van der Waals surface area contributed by atoms with Gasteiger partial charge in [0.1, 0.15) is 12.2 Å². The Hall–Kier alpha value is -0.950. The minimum absolute atomic E-state index is 0.271. The van der Waals surface area contributed by atoms with Crippen molar-refractivity contribution in [3.8, 4) is 0 Å². The quantitative estimate of drug-likeness (QED) is 0.775. The van der Waals surface area contributed by atoms with E-state index in [1.54, 1.807) is 6.33 Å². The molecule has 21 heavy (non-hydrogen) atoms. The van der Waals surface area contributed by atoms with Crippen LogP contribution in [0.25, 0.3) is 0 Å². The molecule has 2 rings (SSSR count). The van der Waals surface area contributed by atoms with E-state index in [-0.39, 0.29) is 12.0 Å². The lowest BCUT2D eigenvalue weighted by Crippen LogP contribution is -2.34. The maximum atomic E-state index is 11.6. The van der Waals surface area contributed by atoms with Gasteiger partial charge in [-0.25, -0.2) is 13.4 Å². The van der Waals surface area contributed by atoms with E-state index in [1.165, 1.54) is 0 Å². The second-order valence-corrected chi connectivity index (χ2v) is 8.09. The fourth-order valence-corrected chi connectivity index (χ4v) is 4.93. The van der Waals surface area contributed by atoms with Gasteiger partial charge in [0.25, 0.3) is 0 Å². The van der Waals surface area contributed by atoms with Gasteiger partial charge in [0, 0.05) is 19.0 Å². The molecule has 1 aromatic heterocycles. The van der Waals surface area contributed by atoms with Crippen molar-refractivity contribution in [3.05, 3.63) is 12.2 Å². The number of likely N-dealkylation sites (N-methyl/N-ethyl adjacent to an activating group) is 1. The first-order valence-corrected chi connectivity index (χ1v) is 9.66. The van der Waals surface area contributed by atoms with Gasteiger partial charge in [-0.1, -0.05) is 13.8 Å². The molecule has 1 aromatic rings. The summed E-state index contributed by atoms with van der Waals surface area (Å²) in [6, 6.07) is 0.271. The van der Waals surface area contributed by atoms with Gasteiger partial charge in [-0.05, 0) is 31.7 Å². The summed E-state index contributed by atoms with van der Waals surface area (Å²) in [6.07, 6.45) is 5.14. The summed E-state index contributed by atoms with van der Waals surface area (Å²) >= 11 is 0. The molecule has 2 atom stereocenters. The standard InChI is InChI=1S/C14H26N4O2S/c1-3-6-18-14(16-11-17-18)9-13(15-4-2)8-12-5-7-21(19,20)10-12/h11-13,15H,3-10H2,1-2H3. The molecule has 6 nitrogen and oxygen atoms in total. The molecule has 0 aromatic carbocycles. The molecule has 1 fully saturated rings. The van der Waals surface area contributed by atoms with E-state index in [2.05, 4.69) is 29.2 Å². The third kappa shape index (κ3) is 4.78. The number of aromatic nitrogens is 3. The van der Waals surface area contributed by atoms with Crippen molar-refractivity contribution in [2.75, 3.05) is 18.1 Å². The number of sulfone groups is 1. The molecule has 1 aliphatic heterocycles. The first-order valence-electron chi connectivity index (χ1n) is 7.84. The van der Waals surface area contributed by atoms with Crippen LogP contribution in [0.1, 0.15) is 38.9 Å². The van der Waals surface area contributed by atoms with E-state index in [1.807, 2.05) is 4.68 Å². The molecule has 1 aliphatic rings. The lowest BCUT2D eigenvalue weighted by atomic mass is 9.97. The van der Waals surface area contributed by atoms with E-state index < -0.39 is 9.84 Å². The highest BCUT2D eigenvalue weighted by Gasteiger charge is 2.30. The summed E-state index contributed by atoms with van der Waals surface area (Å²) < 4.78 is 25.1. The third-order valence-corrected chi connectivity index (χ3v) is 5.83. The van der Waals surface area contributed by atoms with Gasteiger partial charge in [-0.15, -0.1) is 0 Å². The molecule has 0 bridgehead atoms. The summed E-state index contributed by atoms with van der Waals surface area (Å²) in [7, 11) is -2.80. The minimum Gasteiger partial charge on any atom is -0.314 e. The number of rotatable bonds is 8. The molecule has 0 aliphatic carbocycles. The van der Waals surface area contributed by atoms with E-state index in [0.717, 1.165) is 44.6 Å². The Morgan fingerprint density at radius 1 is 1.48 bits per heavy atom. The molecular formula is C14H26N4O2S. The van der Waals surface area contributed by atoms with E-state index >= 15 is 0 Å². The summed E-state index contributed by atoms with van der Waals surface area (Å²) in [6.45, 7) is 5.96. The van der Waals surface area contributed by atoms with Crippen molar-refractivity contribution in [2.45, 2.75) is 52.1 Å². The maximum Gasteiger partial charge on any atom is 0.150 e. The van der Waals surface area contributed by atoms with Crippen LogP contribution in [0.15, 0.2) is 6.33 Å². The summed E-state index contributed by atoms with van der Waals surface area (Å²) in [4.78, 5) is 4.35. The molecule has 0 amide bonds. The molecule has 1 N–H and O–H groups in total. The number of hydrogen-bond acceptors (Lipinski definition) is 5. The van der Waals surface area contributed by atoms with Crippen LogP contribution in [0.2, 0.25) is 0 Å². The predicted molar refractivity (Wildman–Crippen MR) is 82.9 cm³/mol. The van der Waals surface area contributed by atoms with Gasteiger partial charge in [-0.2, -0.15) is 5.10 Å². The molecule has 0 saturated carbocycles. The monoisotopic (exact) mass is 314 g/mol. The van der Waals surface area contributed by atoms with Crippen molar-refractivity contribution in [1.82, 2.24) is 20.1 Å². The first-order chi connectivity index (χ1) is 10.0. The number of hydrogen-bond donors (Lipinski definition) is 1. The third-order valence-electron chi connectivity index (χ3n) is 4.00. The zero-order valence-corrected chi connectivity index (χ0v) is 13.8. The number of nitrogens with one attached hydrogen (secondary N) is 1. The molecule has 120 valence electrons. The van der Waals surface area contributed by atoms with Gasteiger partial charge in [0.2, 0.25) is 0 Å². The molecular weight excluding hydrogens is 288 g/mol. The zero-order valence-electron chi connectivity index (χ0n) is 13.0. The Bertz CT molecular complexity index is 541. The van der Waals surface area contributed by atoms with E-state index in [9.17, 15) is 8.42 Å². The largest absolute Gasteiger partial charge is 0.314 e. The molecule has 2 unspecified atom stereocenters. The topological polar surface area (TPSA) is 76.9 Å². The summed E-state index contributed by atoms with van der Waals surface area (Å²) in [5.74, 6) is 1.96. The van der Waals surface area contributed by atoms with Gasteiger partial charge in [-0.3, -0.25) is 4.68 Å². The molecule has 0 spiro atoms. The van der Waals surface area contributed by atoms with Gasteiger partial charge in [0.15, 0.2) is 9.84 Å². The molecule has 1 saturated heterocycles. The number of nitrogens with zero attached hydrogens (tertiary/aromatic N) is 3. The van der Waals surface area contributed by atoms with Crippen LogP contribution >= 0.6 is 0 Å². The van der Waals surface area contributed by atoms with Crippen LogP contribution in [0.4, 0.5) is 0 Å². The number of aryl methyl sites for hydroxylation is 1. The highest BCUT2D eigenvalue weighted by Crippen LogP contribution is 2.23. The fraction of sp³-hybridized carbons (Fsp3) is 0.857. The predicted octanol–water partition coefficient (Wildman–Crippen LogP) is 1.03. The molecule has 7 heteroatoms. The summed E-state index contributed by atoms with van der Waals surface area (Å²) in [5, 5.41) is 7.72. The first kappa shape index (κ1) is 16.4. The van der Waals surface area contributed by atoms with Gasteiger partial charge >= 0.3 is 0 Å². The van der Waals surface area contributed by atoms with Crippen LogP contribution in [0, 0.1) is 5.92 Å². The van der Waals surface area contributed by atoms with Crippen LogP contribution in [0.3, 0.4) is 0 Å².